The maximum absolute atomic E-state index is 10.3. The molecule has 0 aromatic heterocycles. The van der Waals surface area contributed by atoms with Crippen LogP contribution in [0.5, 0.6) is 0 Å². The van der Waals surface area contributed by atoms with Gasteiger partial charge in [0.25, 0.3) is 0 Å². The fourth-order valence-corrected chi connectivity index (χ4v) is 1.65. The van der Waals surface area contributed by atoms with Gasteiger partial charge in [-0.05, 0) is 12.5 Å². The molecule has 1 N–H and O–H groups in total. The van der Waals surface area contributed by atoms with Crippen molar-refractivity contribution in [1.82, 2.24) is 0 Å². The average molecular weight is 198 g/mol. The number of methoxy groups -OCH3 is 2. The number of hydrogen-bond donors (Lipinski definition) is 1. The summed E-state index contributed by atoms with van der Waals surface area (Å²) in [5.41, 5.74) is 1.17. The smallest absolute Gasteiger partial charge is 0.115 e. The van der Waals surface area contributed by atoms with E-state index in [0.29, 0.717) is 19.6 Å². The highest BCUT2D eigenvalue weighted by Gasteiger charge is 2.32. The lowest BCUT2D eigenvalue weighted by atomic mass is 9.85. The minimum absolute atomic E-state index is 0.311. The third-order valence-corrected chi connectivity index (χ3v) is 2.44. The Hall–Kier alpha value is -0.640. The molecule has 0 saturated heterocycles. The third-order valence-electron chi connectivity index (χ3n) is 2.44. The Morgan fingerprint density at radius 3 is 2.71 bits per heavy atom. The molecule has 0 aromatic rings. The number of aliphatic hydroxyl groups is 1. The summed E-state index contributed by atoms with van der Waals surface area (Å²) in [6, 6.07) is 0. The Morgan fingerprint density at radius 2 is 2.14 bits per heavy atom. The molecule has 3 nitrogen and oxygen atoms in total. The largest absolute Gasteiger partial charge is 0.383 e. The second-order valence-corrected chi connectivity index (χ2v) is 3.72. The summed E-state index contributed by atoms with van der Waals surface area (Å²) < 4.78 is 10.1. The quantitative estimate of drug-likeness (QED) is 0.739. The zero-order valence-electron chi connectivity index (χ0n) is 9.04. The van der Waals surface area contributed by atoms with Gasteiger partial charge in [-0.3, -0.25) is 0 Å². The first-order valence-corrected chi connectivity index (χ1v) is 4.70. The van der Waals surface area contributed by atoms with Gasteiger partial charge in [-0.15, -0.1) is 0 Å². The Balaban J connectivity index is 2.82. The molecule has 0 aliphatic heterocycles. The van der Waals surface area contributed by atoms with Gasteiger partial charge in [0.2, 0.25) is 0 Å². The predicted molar refractivity (Wildman–Crippen MR) is 55.2 cm³/mol. The molecule has 0 bridgehead atoms. The van der Waals surface area contributed by atoms with E-state index in [1.54, 1.807) is 14.2 Å². The van der Waals surface area contributed by atoms with Gasteiger partial charge in [0.15, 0.2) is 0 Å². The van der Waals surface area contributed by atoms with Gasteiger partial charge in [-0.1, -0.05) is 17.7 Å². The van der Waals surface area contributed by atoms with Crippen molar-refractivity contribution in [3.8, 4) is 0 Å². The Morgan fingerprint density at radius 1 is 1.43 bits per heavy atom. The zero-order valence-corrected chi connectivity index (χ0v) is 9.04. The van der Waals surface area contributed by atoms with Gasteiger partial charge in [0.05, 0.1) is 13.2 Å². The zero-order chi connectivity index (χ0) is 10.6. The Bertz CT molecular complexity index is 255. The van der Waals surface area contributed by atoms with E-state index < -0.39 is 5.60 Å². The van der Waals surface area contributed by atoms with E-state index in [9.17, 15) is 5.11 Å². The third kappa shape index (κ3) is 2.44. The molecule has 0 heterocycles. The molecule has 1 unspecified atom stereocenters. The van der Waals surface area contributed by atoms with Crippen LogP contribution in [0, 0.1) is 0 Å². The topological polar surface area (TPSA) is 38.7 Å². The molecule has 0 saturated carbocycles. The molecule has 1 aliphatic carbocycles. The second kappa shape index (κ2) is 4.73. The van der Waals surface area contributed by atoms with Gasteiger partial charge in [-0.25, -0.2) is 0 Å². The molecule has 1 aliphatic rings. The van der Waals surface area contributed by atoms with Gasteiger partial charge in [0, 0.05) is 20.6 Å². The molecule has 3 heteroatoms. The van der Waals surface area contributed by atoms with Crippen LogP contribution in [-0.2, 0) is 9.47 Å². The number of hydrogen-bond acceptors (Lipinski definition) is 3. The Labute approximate surface area is 85.0 Å². The van der Waals surface area contributed by atoms with Crippen LogP contribution < -0.4 is 0 Å². The lowest BCUT2D eigenvalue weighted by molar-refractivity contribution is -0.0106. The van der Waals surface area contributed by atoms with Crippen LogP contribution >= 0.6 is 0 Å². The van der Waals surface area contributed by atoms with Crippen molar-refractivity contribution in [2.24, 2.45) is 0 Å². The molecule has 1 rings (SSSR count). The molecular formula is C11H18O3. The van der Waals surface area contributed by atoms with Crippen LogP contribution in [0.2, 0.25) is 0 Å². The minimum atomic E-state index is -0.885. The first-order valence-electron chi connectivity index (χ1n) is 4.70. The molecule has 1 atom stereocenters. The van der Waals surface area contributed by atoms with Crippen LogP contribution in [0.15, 0.2) is 23.3 Å². The van der Waals surface area contributed by atoms with E-state index in [4.69, 9.17) is 9.47 Å². The summed E-state index contributed by atoms with van der Waals surface area (Å²) in [5.74, 6) is 0. The second-order valence-electron chi connectivity index (χ2n) is 3.72. The van der Waals surface area contributed by atoms with E-state index in [2.05, 4.69) is 0 Å². The van der Waals surface area contributed by atoms with Crippen LogP contribution in [0.3, 0.4) is 0 Å². The fourth-order valence-electron chi connectivity index (χ4n) is 1.65. The predicted octanol–water partition coefficient (Wildman–Crippen LogP) is 1.29. The maximum Gasteiger partial charge on any atom is 0.115 e. The van der Waals surface area contributed by atoms with Crippen molar-refractivity contribution in [2.45, 2.75) is 18.9 Å². The summed E-state index contributed by atoms with van der Waals surface area (Å²) in [5, 5.41) is 10.3. The van der Waals surface area contributed by atoms with Crippen molar-refractivity contribution in [3.05, 3.63) is 23.3 Å². The summed E-state index contributed by atoms with van der Waals surface area (Å²) in [7, 11) is 3.22. The molecule has 0 amide bonds. The monoisotopic (exact) mass is 198 g/mol. The van der Waals surface area contributed by atoms with Crippen molar-refractivity contribution in [2.75, 3.05) is 27.4 Å². The van der Waals surface area contributed by atoms with Crippen LogP contribution in [0.1, 0.15) is 13.3 Å². The van der Waals surface area contributed by atoms with E-state index in [0.717, 1.165) is 11.1 Å². The van der Waals surface area contributed by atoms with Crippen molar-refractivity contribution in [3.63, 3.8) is 0 Å². The highest BCUT2D eigenvalue weighted by molar-refractivity contribution is 5.34. The van der Waals surface area contributed by atoms with E-state index >= 15 is 0 Å². The van der Waals surface area contributed by atoms with Gasteiger partial charge in [-0.2, -0.15) is 0 Å². The van der Waals surface area contributed by atoms with E-state index in [-0.39, 0.29) is 0 Å². The van der Waals surface area contributed by atoms with Crippen LogP contribution in [0.4, 0.5) is 0 Å². The van der Waals surface area contributed by atoms with Crippen LogP contribution in [0.25, 0.3) is 0 Å². The SMILES string of the molecule is COCC1=CC(C)=CCC1(O)COC. The fraction of sp³-hybridized carbons (Fsp3) is 0.636. The van der Waals surface area contributed by atoms with Crippen LogP contribution in [-0.4, -0.2) is 38.1 Å². The highest BCUT2D eigenvalue weighted by atomic mass is 16.5. The first kappa shape index (κ1) is 11.4. The Kier molecular flexibility index (Phi) is 3.86. The standard InChI is InChI=1S/C11H18O3/c1-9-4-5-11(12,8-14-3)10(6-9)7-13-2/h4,6,12H,5,7-8H2,1-3H3. The minimum Gasteiger partial charge on any atom is -0.383 e. The van der Waals surface area contributed by atoms with E-state index in [1.807, 2.05) is 19.1 Å². The summed E-state index contributed by atoms with van der Waals surface area (Å²) in [6.45, 7) is 2.78. The average Bonchev–Trinajstić information content (AvgIpc) is 2.13. The lowest BCUT2D eigenvalue weighted by Crippen LogP contribution is -2.39. The maximum atomic E-state index is 10.3. The first-order chi connectivity index (χ1) is 6.62. The number of allylic oxidation sites excluding steroid dienone is 2. The van der Waals surface area contributed by atoms with E-state index in [1.165, 1.54) is 0 Å². The summed E-state index contributed by atoms with van der Waals surface area (Å²) in [4.78, 5) is 0. The molecule has 0 aromatic carbocycles. The number of ether oxygens (including phenoxy) is 2. The summed E-state index contributed by atoms with van der Waals surface area (Å²) >= 11 is 0. The molecule has 0 spiro atoms. The van der Waals surface area contributed by atoms with Gasteiger partial charge in [0.1, 0.15) is 5.60 Å². The van der Waals surface area contributed by atoms with Crippen molar-refractivity contribution in [1.29, 1.82) is 0 Å². The lowest BCUT2D eigenvalue weighted by Gasteiger charge is -2.31. The molecule has 0 fully saturated rings. The highest BCUT2D eigenvalue weighted by Crippen LogP contribution is 2.28. The molecule has 0 radical (unpaired) electrons. The van der Waals surface area contributed by atoms with Gasteiger partial charge < -0.3 is 14.6 Å². The van der Waals surface area contributed by atoms with Gasteiger partial charge >= 0.3 is 0 Å². The molecular weight excluding hydrogens is 180 g/mol. The molecule has 14 heavy (non-hydrogen) atoms. The van der Waals surface area contributed by atoms with Crippen molar-refractivity contribution >= 4 is 0 Å². The summed E-state index contributed by atoms with van der Waals surface area (Å²) in [6.07, 6.45) is 4.58. The molecule has 80 valence electrons. The van der Waals surface area contributed by atoms with Crippen molar-refractivity contribution < 1.29 is 14.6 Å². The normalized spacial score (nSPS) is 27.1. The number of rotatable bonds is 4.